The second-order valence-electron chi connectivity index (χ2n) is 4.01. The highest BCUT2D eigenvalue weighted by atomic mass is 16.2. The van der Waals surface area contributed by atoms with E-state index in [4.69, 9.17) is 0 Å². The third kappa shape index (κ3) is 5.24. The van der Waals surface area contributed by atoms with Crippen LogP contribution < -0.4 is 9.99 Å². The average molecular weight is 234 g/mol. The predicted molar refractivity (Wildman–Crippen MR) is 67.7 cm³/mol. The fraction of sp³-hybridized carbons (Fsp3) is 0.462. The summed E-state index contributed by atoms with van der Waals surface area (Å²) in [5.41, 5.74) is 3.13. The number of pyridine rings is 1. The molecule has 1 aromatic heterocycles. The van der Waals surface area contributed by atoms with E-state index in [2.05, 4.69) is 17.5 Å². The number of hydrazone groups is 1. The van der Waals surface area contributed by atoms with Gasteiger partial charge >= 0.3 is 0 Å². The van der Waals surface area contributed by atoms with Gasteiger partial charge in [-0.1, -0.05) is 19.8 Å². The number of unbranched alkanes of at least 4 members (excludes halogenated alkanes) is 3. The van der Waals surface area contributed by atoms with Crippen LogP contribution in [0, 0.1) is 0 Å². The molecular weight excluding hydrogens is 214 g/mol. The summed E-state index contributed by atoms with van der Waals surface area (Å²) in [6.45, 7) is 2.16. The van der Waals surface area contributed by atoms with Gasteiger partial charge in [-0.3, -0.25) is 4.79 Å². The summed E-state index contributed by atoms with van der Waals surface area (Å²) in [4.78, 5) is 11.6. The summed E-state index contributed by atoms with van der Waals surface area (Å²) < 4.78 is 1.83. The first-order chi connectivity index (χ1) is 8.24. The Kier molecular flexibility index (Phi) is 5.93. The maximum absolute atomic E-state index is 11.6. The first kappa shape index (κ1) is 13.4. The Bertz CT molecular complexity index is 388. The van der Waals surface area contributed by atoms with Gasteiger partial charge in [0.1, 0.15) is 12.6 Å². The first-order valence-electron chi connectivity index (χ1n) is 6.01. The molecule has 1 rings (SSSR count). The first-order valence-corrected chi connectivity index (χ1v) is 6.01. The van der Waals surface area contributed by atoms with Crippen LogP contribution in [0.5, 0.6) is 0 Å². The van der Waals surface area contributed by atoms with Gasteiger partial charge in [0, 0.05) is 12.3 Å². The van der Waals surface area contributed by atoms with E-state index in [1.54, 1.807) is 18.5 Å². The molecule has 0 fully saturated rings. The number of nitrogens with zero attached hydrogens (tertiary/aromatic N) is 2. The van der Waals surface area contributed by atoms with E-state index >= 15 is 0 Å². The number of hydrogen-bond donors (Lipinski definition) is 1. The molecule has 92 valence electrons. The molecule has 0 spiro atoms. The lowest BCUT2D eigenvalue weighted by atomic mass is 10.2. The molecule has 0 aromatic carbocycles. The molecule has 0 aliphatic heterocycles. The summed E-state index contributed by atoms with van der Waals surface area (Å²) in [5, 5.41) is 3.92. The third-order valence-corrected chi connectivity index (χ3v) is 2.40. The average Bonchev–Trinajstić information content (AvgIpc) is 2.33. The van der Waals surface area contributed by atoms with Crippen LogP contribution in [0.4, 0.5) is 0 Å². The Morgan fingerprint density at radius 2 is 2.35 bits per heavy atom. The molecule has 0 radical (unpaired) electrons. The molecule has 0 atom stereocenters. The largest absolute Gasteiger partial charge is 0.277 e. The highest BCUT2D eigenvalue weighted by Crippen LogP contribution is 1.96. The molecule has 1 N–H and O–H groups in total. The summed E-state index contributed by atoms with van der Waals surface area (Å²) >= 11 is 0. The van der Waals surface area contributed by atoms with Crippen molar-refractivity contribution < 1.29 is 9.36 Å². The molecule has 1 aromatic rings. The molecule has 4 heteroatoms. The number of hydrogen-bond acceptors (Lipinski definition) is 2. The van der Waals surface area contributed by atoms with Crippen molar-refractivity contribution in [3.63, 3.8) is 0 Å². The molecule has 0 saturated heterocycles. The molecule has 0 aliphatic rings. The number of aromatic nitrogens is 1. The molecule has 4 nitrogen and oxygen atoms in total. The monoisotopic (exact) mass is 234 g/mol. The Morgan fingerprint density at radius 1 is 1.53 bits per heavy atom. The van der Waals surface area contributed by atoms with Gasteiger partial charge in [-0.2, -0.15) is 5.10 Å². The molecular formula is C13H20N3O+. The quantitative estimate of drug-likeness (QED) is 0.347. The second kappa shape index (κ2) is 7.54. The van der Waals surface area contributed by atoms with Gasteiger partial charge in [0.2, 0.25) is 0 Å². The maximum Gasteiger partial charge on any atom is 0.277 e. The number of carbonyl (C=O) groups excluding carboxylic acids is 1. The van der Waals surface area contributed by atoms with Crippen molar-refractivity contribution in [2.24, 2.45) is 12.1 Å². The zero-order valence-electron chi connectivity index (χ0n) is 10.5. The summed E-state index contributed by atoms with van der Waals surface area (Å²) in [7, 11) is 1.88. The SMILES string of the molecule is CCCCCC=NNC(=O)c1ccc[n+](C)c1. The summed E-state index contributed by atoms with van der Waals surface area (Å²) in [6, 6.07) is 3.60. The van der Waals surface area contributed by atoms with Crippen LogP contribution in [0.2, 0.25) is 0 Å². The van der Waals surface area contributed by atoms with Crippen molar-refractivity contribution in [3.8, 4) is 0 Å². The Hall–Kier alpha value is -1.71. The van der Waals surface area contributed by atoms with Crippen LogP contribution in [0.3, 0.4) is 0 Å². The van der Waals surface area contributed by atoms with Crippen molar-refractivity contribution in [1.82, 2.24) is 5.43 Å². The van der Waals surface area contributed by atoms with Crippen LogP contribution in [0.1, 0.15) is 43.0 Å². The topological polar surface area (TPSA) is 45.3 Å². The van der Waals surface area contributed by atoms with Crippen LogP contribution in [-0.4, -0.2) is 12.1 Å². The highest BCUT2D eigenvalue weighted by molar-refractivity contribution is 5.93. The molecule has 1 heterocycles. The van der Waals surface area contributed by atoms with E-state index in [0.717, 1.165) is 12.8 Å². The van der Waals surface area contributed by atoms with E-state index in [0.29, 0.717) is 5.56 Å². The smallest absolute Gasteiger partial charge is 0.267 e. The zero-order valence-corrected chi connectivity index (χ0v) is 10.5. The number of nitrogens with one attached hydrogen (secondary N) is 1. The molecule has 0 bridgehead atoms. The van der Waals surface area contributed by atoms with E-state index in [-0.39, 0.29) is 5.91 Å². The maximum atomic E-state index is 11.6. The van der Waals surface area contributed by atoms with Crippen molar-refractivity contribution >= 4 is 12.1 Å². The minimum absolute atomic E-state index is 0.173. The van der Waals surface area contributed by atoms with Gasteiger partial charge in [0.25, 0.3) is 5.91 Å². The van der Waals surface area contributed by atoms with Gasteiger partial charge in [0.05, 0.1) is 0 Å². The fourth-order valence-corrected chi connectivity index (χ4v) is 1.44. The Labute approximate surface area is 102 Å². The predicted octanol–water partition coefficient (Wildman–Crippen LogP) is 1.81. The normalized spacial score (nSPS) is 10.7. The number of aryl methyl sites for hydroxylation is 1. The minimum atomic E-state index is -0.173. The van der Waals surface area contributed by atoms with E-state index in [1.165, 1.54) is 12.8 Å². The third-order valence-electron chi connectivity index (χ3n) is 2.40. The summed E-state index contributed by atoms with van der Waals surface area (Å²) in [5.74, 6) is -0.173. The standard InChI is InChI=1S/C13H19N3O/c1-3-4-5-6-9-14-15-13(17)12-8-7-10-16(2)11-12/h7-11H,3-6H2,1-2H3/p+1. The van der Waals surface area contributed by atoms with Gasteiger partial charge in [-0.05, 0) is 18.9 Å². The molecule has 1 amide bonds. The van der Waals surface area contributed by atoms with E-state index in [1.807, 2.05) is 23.9 Å². The molecule has 0 saturated carbocycles. The van der Waals surface area contributed by atoms with Crippen molar-refractivity contribution in [2.45, 2.75) is 32.6 Å². The van der Waals surface area contributed by atoms with Gasteiger partial charge in [-0.25, -0.2) is 9.99 Å². The van der Waals surface area contributed by atoms with Gasteiger partial charge < -0.3 is 0 Å². The van der Waals surface area contributed by atoms with E-state index in [9.17, 15) is 4.79 Å². The number of amides is 1. The molecule has 0 unspecified atom stereocenters. The van der Waals surface area contributed by atoms with Gasteiger partial charge in [-0.15, -0.1) is 0 Å². The summed E-state index contributed by atoms with van der Waals surface area (Å²) in [6.07, 6.45) is 9.84. The van der Waals surface area contributed by atoms with Crippen LogP contribution in [0.25, 0.3) is 0 Å². The van der Waals surface area contributed by atoms with Crippen molar-refractivity contribution in [1.29, 1.82) is 0 Å². The lowest BCUT2D eigenvalue weighted by molar-refractivity contribution is -0.671. The lowest BCUT2D eigenvalue weighted by Crippen LogP contribution is -2.29. The van der Waals surface area contributed by atoms with Gasteiger partial charge in [0.15, 0.2) is 12.4 Å². The molecule has 17 heavy (non-hydrogen) atoms. The number of carbonyl (C=O) groups is 1. The Morgan fingerprint density at radius 3 is 3.06 bits per heavy atom. The molecule has 0 aliphatic carbocycles. The van der Waals surface area contributed by atoms with Crippen LogP contribution >= 0.6 is 0 Å². The highest BCUT2D eigenvalue weighted by Gasteiger charge is 2.06. The van der Waals surface area contributed by atoms with Crippen LogP contribution in [-0.2, 0) is 7.05 Å². The van der Waals surface area contributed by atoms with E-state index < -0.39 is 0 Å². The van der Waals surface area contributed by atoms with Crippen LogP contribution in [0.15, 0.2) is 29.6 Å². The van der Waals surface area contributed by atoms with Crippen molar-refractivity contribution in [3.05, 3.63) is 30.1 Å². The Balaban J connectivity index is 2.34. The fourth-order valence-electron chi connectivity index (χ4n) is 1.44. The second-order valence-corrected chi connectivity index (χ2v) is 4.01. The minimum Gasteiger partial charge on any atom is -0.267 e. The lowest BCUT2D eigenvalue weighted by Gasteiger charge is -1.97. The zero-order chi connectivity index (χ0) is 12.5. The van der Waals surface area contributed by atoms with Crippen molar-refractivity contribution in [2.75, 3.05) is 0 Å². The number of rotatable bonds is 6.